The fraction of sp³-hybridized carbons (Fsp3) is 0.294. The number of benzene rings is 2. The summed E-state index contributed by atoms with van der Waals surface area (Å²) in [6, 6.07) is 20.7. The van der Waals surface area contributed by atoms with Crippen LogP contribution in [0.2, 0.25) is 0 Å². The zero-order valence-electron chi connectivity index (χ0n) is 25.3. The number of hydrogen-bond donors (Lipinski definition) is 1. The van der Waals surface area contributed by atoms with Crippen LogP contribution in [0.15, 0.2) is 100 Å². The lowest BCUT2D eigenvalue weighted by atomic mass is 9.93. The molecule has 10 heteroatoms. The monoisotopic (exact) mass is 612 g/mol. The van der Waals surface area contributed by atoms with Gasteiger partial charge in [-0.25, -0.2) is 9.79 Å². The highest BCUT2D eigenvalue weighted by molar-refractivity contribution is 8.16. The second-order valence-electron chi connectivity index (χ2n) is 10.6. The molecule has 0 spiro atoms. The number of allylic oxidation sites excluding steroid dienone is 1. The summed E-state index contributed by atoms with van der Waals surface area (Å²) in [4.78, 5) is 37.6. The summed E-state index contributed by atoms with van der Waals surface area (Å²) >= 11 is 1.43. The van der Waals surface area contributed by atoms with Crippen molar-refractivity contribution in [2.24, 2.45) is 4.99 Å². The van der Waals surface area contributed by atoms with E-state index in [0.29, 0.717) is 47.5 Å². The number of pyridine rings is 1. The van der Waals surface area contributed by atoms with Crippen molar-refractivity contribution in [3.05, 3.63) is 112 Å². The zero-order valence-corrected chi connectivity index (χ0v) is 26.1. The van der Waals surface area contributed by atoms with Crippen LogP contribution in [0.3, 0.4) is 0 Å². The molecule has 0 saturated carbocycles. The Morgan fingerprint density at radius 2 is 1.84 bits per heavy atom. The van der Waals surface area contributed by atoms with Crippen molar-refractivity contribution in [3.63, 3.8) is 0 Å². The van der Waals surface area contributed by atoms with Gasteiger partial charge in [-0.3, -0.25) is 9.78 Å². The van der Waals surface area contributed by atoms with Crippen molar-refractivity contribution < 1.29 is 23.8 Å². The minimum absolute atomic E-state index is 0.117. The lowest BCUT2D eigenvalue weighted by molar-refractivity contribution is -0.143. The molecule has 9 nitrogen and oxygen atoms in total. The summed E-state index contributed by atoms with van der Waals surface area (Å²) in [5, 5.41) is 5.60. The van der Waals surface area contributed by atoms with Crippen LogP contribution >= 0.6 is 11.8 Å². The number of thioether (sulfide) groups is 1. The van der Waals surface area contributed by atoms with Crippen molar-refractivity contribution in [1.29, 1.82) is 0 Å². The summed E-state index contributed by atoms with van der Waals surface area (Å²) in [6.07, 6.45) is 2.17. The molecular weight excluding hydrogens is 576 g/mol. The first-order valence-corrected chi connectivity index (χ1v) is 15.4. The molecule has 0 bridgehead atoms. The zero-order chi connectivity index (χ0) is 31.1. The van der Waals surface area contributed by atoms with Crippen molar-refractivity contribution in [3.8, 4) is 11.5 Å². The molecule has 2 aromatic carbocycles. The Morgan fingerprint density at radius 3 is 2.57 bits per heavy atom. The van der Waals surface area contributed by atoms with E-state index in [-0.39, 0.29) is 18.4 Å². The molecule has 0 saturated heterocycles. The van der Waals surface area contributed by atoms with Crippen LogP contribution in [0, 0.1) is 0 Å². The van der Waals surface area contributed by atoms with Crippen LogP contribution in [0.25, 0.3) is 0 Å². The van der Waals surface area contributed by atoms with Crippen LogP contribution in [-0.4, -0.2) is 46.7 Å². The standard InChI is InChI=1S/C34H36N4O5S/c1-22(2)43-33(40)31-23(3)37-34-38(27(21-44-34)19-30(39)36-17-15-26-12-8-9-16-35-26)32(31)25-13-14-28(29(18-25)41-4)42-20-24-10-6-5-7-11-24/h5-14,16,18,21-22,32H,15,17,19-20H2,1-4H3,(H,36,39). The van der Waals surface area contributed by atoms with E-state index in [9.17, 15) is 9.59 Å². The van der Waals surface area contributed by atoms with Gasteiger partial charge in [0, 0.05) is 30.6 Å². The fourth-order valence-electron chi connectivity index (χ4n) is 5.04. The summed E-state index contributed by atoms with van der Waals surface area (Å²) in [5.41, 5.74) is 4.43. The maximum atomic E-state index is 13.5. The lowest BCUT2D eigenvalue weighted by Gasteiger charge is -2.36. The molecule has 2 aliphatic rings. The normalized spacial score (nSPS) is 15.8. The SMILES string of the molecule is COc1cc(C2C(C(=O)OC(C)C)=C(C)N=C3SC=C(CC(=O)NCCc4ccccn4)N32)ccc1OCc1ccccc1. The molecule has 0 radical (unpaired) electrons. The van der Waals surface area contributed by atoms with Gasteiger partial charge in [-0.15, -0.1) is 0 Å². The summed E-state index contributed by atoms with van der Waals surface area (Å²) in [5.74, 6) is 0.523. The Hall–Kier alpha value is -4.57. The first kappa shape index (κ1) is 30.9. The molecule has 3 aromatic rings. The number of carbonyl (C=O) groups excluding carboxylic acids is 2. The summed E-state index contributed by atoms with van der Waals surface area (Å²) in [7, 11) is 1.59. The molecule has 44 heavy (non-hydrogen) atoms. The maximum Gasteiger partial charge on any atom is 0.338 e. The molecule has 1 atom stereocenters. The Bertz CT molecular complexity index is 1590. The van der Waals surface area contributed by atoms with E-state index in [2.05, 4.69) is 10.3 Å². The van der Waals surface area contributed by atoms with Gasteiger partial charge >= 0.3 is 5.97 Å². The number of carbonyl (C=O) groups is 2. The highest BCUT2D eigenvalue weighted by Crippen LogP contribution is 2.46. The molecule has 1 amide bonds. The average molecular weight is 613 g/mol. The summed E-state index contributed by atoms with van der Waals surface area (Å²) < 4.78 is 17.5. The highest BCUT2D eigenvalue weighted by Gasteiger charge is 2.41. The molecule has 0 aliphatic carbocycles. The third-order valence-electron chi connectivity index (χ3n) is 7.08. The number of hydrogen-bond acceptors (Lipinski definition) is 9. The largest absolute Gasteiger partial charge is 0.493 e. The van der Waals surface area contributed by atoms with Gasteiger partial charge in [0.15, 0.2) is 16.7 Å². The second-order valence-corrected chi connectivity index (χ2v) is 11.5. The van der Waals surface area contributed by atoms with E-state index < -0.39 is 12.0 Å². The van der Waals surface area contributed by atoms with Crippen LogP contribution in [0.1, 0.15) is 50.1 Å². The first-order valence-electron chi connectivity index (χ1n) is 14.5. The number of nitrogens with zero attached hydrogens (tertiary/aromatic N) is 3. The van der Waals surface area contributed by atoms with E-state index in [0.717, 1.165) is 22.5 Å². The quantitative estimate of drug-likeness (QED) is 0.251. The van der Waals surface area contributed by atoms with Gasteiger partial charge in [0.2, 0.25) is 5.91 Å². The lowest BCUT2D eigenvalue weighted by Crippen LogP contribution is -2.38. The smallest absolute Gasteiger partial charge is 0.338 e. The predicted molar refractivity (Wildman–Crippen MR) is 171 cm³/mol. The van der Waals surface area contributed by atoms with Crippen molar-refractivity contribution >= 4 is 28.8 Å². The topological polar surface area (TPSA) is 102 Å². The fourth-order valence-corrected chi connectivity index (χ4v) is 6.00. The molecule has 2 aliphatic heterocycles. The van der Waals surface area contributed by atoms with Gasteiger partial charge in [-0.1, -0.05) is 54.2 Å². The van der Waals surface area contributed by atoms with Gasteiger partial charge in [0.1, 0.15) is 6.61 Å². The minimum Gasteiger partial charge on any atom is -0.493 e. The predicted octanol–water partition coefficient (Wildman–Crippen LogP) is 5.94. The number of amides is 1. The Balaban J connectivity index is 1.41. The number of amidine groups is 1. The van der Waals surface area contributed by atoms with Crippen LogP contribution in [0.4, 0.5) is 0 Å². The van der Waals surface area contributed by atoms with Gasteiger partial charge in [-0.05, 0) is 61.6 Å². The van der Waals surface area contributed by atoms with Gasteiger partial charge < -0.3 is 24.4 Å². The molecule has 228 valence electrons. The van der Waals surface area contributed by atoms with Crippen LogP contribution in [0.5, 0.6) is 11.5 Å². The van der Waals surface area contributed by atoms with Crippen molar-refractivity contribution in [1.82, 2.24) is 15.2 Å². The molecular formula is C34H36N4O5S. The van der Waals surface area contributed by atoms with Crippen molar-refractivity contribution in [2.45, 2.75) is 52.4 Å². The number of ether oxygens (including phenoxy) is 3. The number of aliphatic imine (C=N–C) groups is 1. The molecule has 1 unspecified atom stereocenters. The molecule has 3 heterocycles. The highest BCUT2D eigenvalue weighted by atomic mass is 32.2. The third kappa shape index (κ3) is 7.31. The number of esters is 1. The molecule has 5 rings (SSSR count). The van der Waals surface area contributed by atoms with Crippen LogP contribution in [-0.2, 0) is 27.4 Å². The van der Waals surface area contributed by atoms with Gasteiger partial charge in [-0.2, -0.15) is 0 Å². The third-order valence-corrected chi connectivity index (χ3v) is 7.96. The van der Waals surface area contributed by atoms with E-state index in [1.807, 2.05) is 97.8 Å². The molecule has 0 fully saturated rings. The minimum atomic E-state index is -0.589. The van der Waals surface area contributed by atoms with E-state index in [1.54, 1.807) is 13.3 Å². The number of methoxy groups -OCH3 is 1. The number of aromatic nitrogens is 1. The van der Waals surface area contributed by atoms with Crippen molar-refractivity contribution in [2.75, 3.05) is 13.7 Å². The average Bonchev–Trinajstić information content (AvgIpc) is 3.41. The maximum absolute atomic E-state index is 13.5. The van der Waals surface area contributed by atoms with E-state index in [1.165, 1.54) is 11.8 Å². The Labute approximate surface area is 262 Å². The van der Waals surface area contributed by atoms with Crippen LogP contribution < -0.4 is 14.8 Å². The molecule has 1 aromatic heterocycles. The number of rotatable bonds is 12. The van der Waals surface area contributed by atoms with Gasteiger partial charge in [0.25, 0.3) is 0 Å². The number of fused-ring (bicyclic) bond motifs is 1. The Kier molecular flexibility index (Phi) is 10.0. The van der Waals surface area contributed by atoms with E-state index in [4.69, 9.17) is 19.2 Å². The van der Waals surface area contributed by atoms with E-state index >= 15 is 0 Å². The Morgan fingerprint density at radius 1 is 1.05 bits per heavy atom. The molecule has 1 N–H and O–H groups in total. The number of nitrogens with one attached hydrogen (secondary N) is 1. The van der Waals surface area contributed by atoms with Gasteiger partial charge in [0.05, 0.1) is 36.9 Å². The first-order chi connectivity index (χ1) is 21.3. The second kappa shape index (κ2) is 14.3. The summed E-state index contributed by atoms with van der Waals surface area (Å²) in [6.45, 7) is 6.29.